The van der Waals surface area contributed by atoms with Gasteiger partial charge in [0.1, 0.15) is 0 Å². The van der Waals surface area contributed by atoms with Crippen LogP contribution in [-0.4, -0.2) is 33.5 Å². The van der Waals surface area contributed by atoms with Crippen molar-refractivity contribution in [2.45, 2.75) is 64.3 Å². The number of hydrogen-bond donors (Lipinski definition) is 0. The standard InChI is InChI=1S/C22H29N3O2/c1-16-13-14-25(19-10-6-5-9-18(16)19)22(26)12-11-21-23-20(24-27-21)15-17-7-3-2-4-8-17/h2-4,7-8,16,18-19H,5-6,9-15H2,1H3/t16-,18-,19-/m1/s1. The molecule has 0 N–H and O–H groups in total. The first-order valence-electron chi connectivity index (χ1n) is 10.4. The second-order valence-corrected chi connectivity index (χ2v) is 8.14. The summed E-state index contributed by atoms with van der Waals surface area (Å²) in [6.07, 6.45) is 7.81. The Bertz CT molecular complexity index is 758. The molecule has 2 fully saturated rings. The maximum absolute atomic E-state index is 12.9. The zero-order valence-corrected chi connectivity index (χ0v) is 16.1. The van der Waals surface area contributed by atoms with E-state index in [9.17, 15) is 4.79 Å². The van der Waals surface area contributed by atoms with E-state index in [-0.39, 0.29) is 5.91 Å². The summed E-state index contributed by atoms with van der Waals surface area (Å²) in [5, 5.41) is 4.07. The molecule has 4 rings (SSSR count). The van der Waals surface area contributed by atoms with E-state index in [1.807, 2.05) is 18.2 Å². The van der Waals surface area contributed by atoms with E-state index in [1.54, 1.807) is 0 Å². The molecule has 144 valence electrons. The molecule has 0 spiro atoms. The second-order valence-electron chi connectivity index (χ2n) is 8.14. The lowest BCUT2D eigenvalue weighted by Gasteiger charge is -2.47. The summed E-state index contributed by atoms with van der Waals surface area (Å²) in [5.41, 5.74) is 1.16. The van der Waals surface area contributed by atoms with E-state index in [4.69, 9.17) is 4.52 Å². The number of benzene rings is 1. The first-order valence-corrected chi connectivity index (χ1v) is 10.4. The maximum Gasteiger partial charge on any atom is 0.227 e. The first-order chi connectivity index (χ1) is 13.2. The van der Waals surface area contributed by atoms with Gasteiger partial charge in [-0.25, -0.2) is 0 Å². The van der Waals surface area contributed by atoms with Gasteiger partial charge in [0.2, 0.25) is 11.8 Å². The minimum atomic E-state index is 0.251. The van der Waals surface area contributed by atoms with Crippen molar-refractivity contribution in [2.24, 2.45) is 11.8 Å². The van der Waals surface area contributed by atoms with Crippen molar-refractivity contribution in [3.8, 4) is 0 Å². The van der Waals surface area contributed by atoms with E-state index in [2.05, 4.69) is 34.1 Å². The fourth-order valence-corrected chi connectivity index (χ4v) is 4.82. The lowest BCUT2D eigenvalue weighted by Crippen LogP contribution is -2.52. The molecule has 5 nitrogen and oxygen atoms in total. The fourth-order valence-electron chi connectivity index (χ4n) is 4.82. The summed E-state index contributed by atoms with van der Waals surface area (Å²) < 4.78 is 5.37. The predicted octanol–water partition coefficient (Wildman–Crippen LogP) is 4.02. The van der Waals surface area contributed by atoms with Crippen molar-refractivity contribution in [1.29, 1.82) is 0 Å². The summed E-state index contributed by atoms with van der Waals surface area (Å²) in [5.74, 6) is 2.94. The topological polar surface area (TPSA) is 59.2 Å². The van der Waals surface area contributed by atoms with Crippen LogP contribution in [0.4, 0.5) is 0 Å². The third-order valence-electron chi connectivity index (χ3n) is 6.33. The van der Waals surface area contributed by atoms with Crippen LogP contribution in [0.25, 0.3) is 0 Å². The molecular formula is C22H29N3O2. The third-order valence-corrected chi connectivity index (χ3v) is 6.33. The van der Waals surface area contributed by atoms with Gasteiger partial charge in [-0.3, -0.25) is 4.79 Å². The van der Waals surface area contributed by atoms with Gasteiger partial charge in [0.05, 0.1) is 0 Å². The van der Waals surface area contributed by atoms with Crippen LogP contribution in [0, 0.1) is 11.8 Å². The molecule has 2 aliphatic rings. The normalized spacial score (nSPS) is 25.2. The van der Waals surface area contributed by atoms with Crippen LogP contribution in [0.2, 0.25) is 0 Å². The minimum absolute atomic E-state index is 0.251. The summed E-state index contributed by atoms with van der Waals surface area (Å²) in [7, 11) is 0. The van der Waals surface area contributed by atoms with E-state index < -0.39 is 0 Å². The lowest BCUT2D eigenvalue weighted by atomic mass is 9.72. The van der Waals surface area contributed by atoms with Crippen molar-refractivity contribution >= 4 is 5.91 Å². The van der Waals surface area contributed by atoms with Gasteiger partial charge in [-0.1, -0.05) is 55.3 Å². The number of rotatable bonds is 5. The van der Waals surface area contributed by atoms with Crippen LogP contribution in [0.1, 0.15) is 62.7 Å². The van der Waals surface area contributed by atoms with Crippen LogP contribution in [-0.2, 0) is 17.6 Å². The number of likely N-dealkylation sites (tertiary alicyclic amines) is 1. The second kappa shape index (κ2) is 8.24. The van der Waals surface area contributed by atoms with Gasteiger partial charge in [0, 0.05) is 31.8 Å². The predicted molar refractivity (Wildman–Crippen MR) is 103 cm³/mol. The van der Waals surface area contributed by atoms with Gasteiger partial charge in [-0.2, -0.15) is 4.98 Å². The summed E-state index contributed by atoms with van der Waals surface area (Å²) in [6, 6.07) is 10.6. The van der Waals surface area contributed by atoms with Gasteiger partial charge in [-0.15, -0.1) is 0 Å². The maximum atomic E-state index is 12.9. The third kappa shape index (κ3) is 4.23. The Kier molecular flexibility index (Phi) is 5.55. The largest absolute Gasteiger partial charge is 0.339 e. The number of carbonyl (C=O) groups excluding carboxylic acids is 1. The van der Waals surface area contributed by atoms with Crippen LogP contribution in [0.5, 0.6) is 0 Å². The molecule has 0 radical (unpaired) electrons. The van der Waals surface area contributed by atoms with Crippen LogP contribution >= 0.6 is 0 Å². The number of fused-ring (bicyclic) bond motifs is 1. The SMILES string of the molecule is C[C@@H]1CCN(C(=O)CCc2nc(Cc3ccccc3)no2)[C@@H]2CCCC[C@H]12. The van der Waals surface area contributed by atoms with Crippen LogP contribution < -0.4 is 0 Å². The van der Waals surface area contributed by atoms with Crippen molar-refractivity contribution in [3.05, 3.63) is 47.6 Å². The van der Waals surface area contributed by atoms with E-state index in [0.717, 1.165) is 24.4 Å². The Balaban J connectivity index is 1.33. The highest BCUT2D eigenvalue weighted by Gasteiger charge is 2.39. The van der Waals surface area contributed by atoms with Gasteiger partial charge in [0.25, 0.3) is 0 Å². The van der Waals surface area contributed by atoms with Crippen molar-refractivity contribution in [2.75, 3.05) is 6.54 Å². The Morgan fingerprint density at radius 3 is 2.85 bits per heavy atom. The molecule has 3 atom stereocenters. The monoisotopic (exact) mass is 367 g/mol. The molecule has 0 bridgehead atoms. The Morgan fingerprint density at radius 2 is 2.00 bits per heavy atom. The summed E-state index contributed by atoms with van der Waals surface area (Å²) >= 11 is 0. The Hall–Kier alpha value is -2.17. The quantitative estimate of drug-likeness (QED) is 0.801. The Labute approximate surface area is 161 Å². The van der Waals surface area contributed by atoms with Gasteiger partial charge >= 0.3 is 0 Å². The van der Waals surface area contributed by atoms with Gasteiger partial charge < -0.3 is 9.42 Å². The number of nitrogens with zero attached hydrogens (tertiary/aromatic N) is 3. The highest BCUT2D eigenvalue weighted by atomic mass is 16.5. The average Bonchev–Trinajstić information content (AvgIpc) is 3.15. The molecule has 1 aromatic carbocycles. The number of amides is 1. The highest BCUT2D eigenvalue weighted by molar-refractivity contribution is 5.76. The molecule has 27 heavy (non-hydrogen) atoms. The van der Waals surface area contributed by atoms with Crippen molar-refractivity contribution in [1.82, 2.24) is 15.0 Å². The van der Waals surface area contributed by atoms with E-state index in [1.165, 1.54) is 25.7 Å². The van der Waals surface area contributed by atoms with E-state index in [0.29, 0.717) is 42.9 Å². The fraction of sp³-hybridized carbons (Fsp3) is 0.591. The first kappa shape index (κ1) is 18.2. The van der Waals surface area contributed by atoms with Crippen LogP contribution in [0.15, 0.2) is 34.9 Å². The number of hydrogen-bond acceptors (Lipinski definition) is 4. The number of piperidine rings is 1. The molecule has 5 heteroatoms. The zero-order chi connectivity index (χ0) is 18.6. The lowest BCUT2D eigenvalue weighted by molar-refractivity contribution is -0.139. The summed E-state index contributed by atoms with van der Waals surface area (Å²) in [6.45, 7) is 3.27. The molecular weight excluding hydrogens is 338 g/mol. The van der Waals surface area contributed by atoms with Gasteiger partial charge in [-0.05, 0) is 36.7 Å². The zero-order valence-electron chi connectivity index (χ0n) is 16.1. The molecule has 2 aromatic rings. The Morgan fingerprint density at radius 1 is 1.19 bits per heavy atom. The summed E-state index contributed by atoms with van der Waals surface area (Å²) in [4.78, 5) is 19.5. The molecule has 1 saturated heterocycles. The van der Waals surface area contributed by atoms with Crippen LogP contribution in [0.3, 0.4) is 0 Å². The molecule has 1 saturated carbocycles. The minimum Gasteiger partial charge on any atom is -0.339 e. The van der Waals surface area contributed by atoms with E-state index >= 15 is 0 Å². The highest BCUT2D eigenvalue weighted by Crippen LogP contribution is 2.39. The smallest absolute Gasteiger partial charge is 0.227 e. The molecule has 2 heterocycles. The number of aromatic nitrogens is 2. The van der Waals surface area contributed by atoms with Crippen molar-refractivity contribution in [3.63, 3.8) is 0 Å². The van der Waals surface area contributed by atoms with Gasteiger partial charge in [0.15, 0.2) is 5.82 Å². The molecule has 1 aliphatic heterocycles. The van der Waals surface area contributed by atoms with Crippen molar-refractivity contribution < 1.29 is 9.32 Å². The molecule has 1 aromatic heterocycles. The number of aryl methyl sites for hydroxylation is 1. The molecule has 0 unspecified atom stereocenters. The number of carbonyl (C=O) groups is 1. The molecule has 1 amide bonds. The average molecular weight is 367 g/mol. The molecule has 1 aliphatic carbocycles.